The largest absolute Gasteiger partial charge is 0.481 e. The first-order valence-corrected chi connectivity index (χ1v) is 8.62. The summed E-state index contributed by atoms with van der Waals surface area (Å²) in [6.45, 7) is 0. The van der Waals surface area contributed by atoms with Crippen molar-refractivity contribution in [2.24, 2.45) is 0 Å². The van der Waals surface area contributed by atoms with Crippen LogP contribution in [0, 0.1) is 0 Å². The molecule has 0 fully saturated rings. The molecular formula is C19H14ClN5O3. The second kappa shape index (κ2) is 7.16. The van der Waals surface area contributed by atoms with E-state index in [1.54, 1.807) is 42.6 Å². The summed E-state index contributed by atoms with van der Waals surface area (Å²) in [6.07, 6.45) is 3.01. The quantitative estimate of drug-likeness (QED) is 0.553. The third-order valence-corrected chi connectivity index (χ3v) is 4.34. The predicted molar refractivity (Wildman–Crippen MR) is 105 cm³/mol. The molecule has 9 heteroatoms. The first-order valence-electron chi connectivity index (χ1n) is 8.24. The second-order valence-corrected chi connectivity index (χ2v) is 6.28. The van der Waals surface area contributed by atoms with E-state index >= 15 is 0 Å². The van der Waals surface area contributed by atoms with Crippen molar-refractivity contribution in [1.29, 1.82) is 0 Å². The maximum atomic E-state index is 12.7. The highest BCUT2D eigenvalue weighted by Crippen LogP contribution is 2.25. The fourth-order valence-electron chi connectivity index (χ4n) is 2.77. The molecule has 8 nitrogen and oxygen atoms in total. The summed E-state index contributed by atoms with van der Waals surface area (Å²) in [4.78, 5) is 33.8. The maximum absolute atomic E-state index is 12.7. The Labute approximate surface area is 163 Å². The molecule has 3 heterocycles. The molecule has 4 rings (SSSR count). The number of nitrogens with one attached hydrogen (secondary N) is 2. The van der Waals surface area contributed by atoms with Crippen molar-refractivity contribution >= 4 is 28.8 Å². The van der Waals surface area contributed by atoms with Crippen LogP contribution in [0.25, 0.3) is 16.9 Å². The Morgan fingerprint density at radius 2 is 2.04 bits per heavy atom. The number of pyridine rings is 1. The number of hydrogen-bond donors (Lipinski definition) is 2. The summed E-state index contributed by atoms with van der Waals surface area (Å²) in [7, 11) is 1.48. The number of ether oxygens (including phenoxy) is 1. The number of rotatable bonds is 4. The van der Waals surface area contributed by atoms with E-state index in [9.17, 15) is 9.59 Å². The van der Waals surface area contributed by atoms with E-state index in [4.69, 9.17) is 16.3 Å². The lowest BCUT2D eigenvalue weighted by Crippen LogP contribution is -2.17. The standard InChI is InChI=1S/C19H14ClN5O3/c1-28-19-13(3-2-8-21-19)15-9-16(26)25-17(24-15)14(10-22-25)18(27)23-12-6-4-11(20)5-7-12/h2-10,22H,1H3,(H,23,27). The topological polar surface area (TPSA) is 101 Å². The van der Waals surface area contributed by atoms with E-state index < -0.39 is 5.91 Å². The zero-order chi connectivity index (χ0) is 19.7. The van der Waals surface area contributed by atoms with Gasteiger partial charge in [-0.15, -0.1) is 0 Å². The van der Waals surface area contributed by atoms with E-state index in [-0.39, 0.29) is 16.8 Å². The summed E-state index contributed by atoms with van der Waals surface area (Å²) in [5.41, 5.74) is 1.53. The summed E-state index contributed by atoms with van der Waals surface area (Å²) in [5, 5.41) is 6.07. The van der Waals surface area contributed by atoms with Gasteiger partial charge in [0.25, 0.3) is 11.5 Å². The summed E-state index contributed by atoms with van der Waals surface area (Å²) in [5.74, 6) is -0.0790. The Balaban J connectivity index is 1.78. The third kappa shape index (κ3) is 3.21. The van der Waals surface area contributed by atoms with E-state index in [0.717, 1.165) is 0 Å². The number of halogens is 1. The van der Waals surface area contributed by atoms with Crippen LogP contribution in [0.5, 0.6) is 5.88 Å². The highest BCUT2D eigenvalue weighted by atomic mass is 35.5. The van der Waals surface area contributed by atoms with Gasteiger partial charge >= 0.3 is 0 Å². The molecule has 0 radical (unpaired) electrons. The fraction of sp³-hybridized carbons (Fsp3) is 0.0526. The normalized spacial score (nSPS) is 10.8. The molecule has 140 valence electrons. The molecule has 2 N–H and O–H groups in total. The van der Waals surface area contributed by atoms with Crippen molar-refractivity contribution in [3.05, 3.63) is 75.8 Å². The maximum Gasteiger partial charge on any atom is 0.273 e. The fourth-order valence-corrected chi connectivity index (χ4v) is 2.89. The molecule has 1 aromatic carbocycles. The van der Waals surface area contributed by atoms with Gasteiger partial charge in [0.15, 0.2) is 5.65 Å². The van der Waals surface area contributed by atoms with Crippen LogP contribution in [-0.4, -0.2) is 32.6 Å². The van der Waals surface area contributed by atoms with Crippen LogP contribution in [0.1, 0.15) is 10.4 Å². The van der Waals surface area contributed by atoms with Crippen LogP contribution >= 0.6 is 11.6 Å². The zero-order valence-corrected chi connectivity index (χ0v) is 15.4. The number of amides is 1. The number of benzene rings is 1. The van der Waals surface area contributed by atoms with Gasteiger partial charge in [0.05, 0.1) is 18.4 Å². The number of hydrogen-bond acceptors (Lipinski definition) is 5. The SMILES string of the molecule is COc1ncccc1-c1cc(=O)n2[nH]cc(C(=O)Nc3ccc(Cl)cc3)c2n1. The van der Waals surface area contributed by atoms with E-state index in [1.807, 2.05) is 0 Å². The summed E-state index contributed by atoms with van der Waals surface area (Å²) < 4.78 is 6.44. The van der Waals surface area contributed by atoms with Crippen molar-refractivity contribution in [2.75, 3.05) is 12.4 Å². The molecule has 3 aromatic heterocycles. The van der Waals surface area contributed by atoms with Crippen molar-refractivity contribution in [3.63, 3.8) is 0 Å². The molecule has 0 unspecified atom stereocenters. The Hall–Kier alpha value is -3.65. The lowest BCUT2D eigenvalue weighted by molar-refractivity contribution is 0.102. The van der Waals surface area contributed by atoms with Crippen LogP contribution in [0.3, 0.4) is 0 Å². The number of nitrogens with zero attached hydrogens (tertiary/aromatic N) is 3. The molecule has 28 heavy (non-hydrogen) atoms. The van der Waals surface area contributed by atoms with Crippen molar-refractivity contribution in [1.82, 2.24) is 19.6 Å². The minimum absolute atomic E-state index is 0.194. The predicted octanol–water partition coefficient (Wildman–Crippen LogP) is 3.00. The first-order chi connectivity index (χ1) is 13.6. The molecule has 0 aliphatic rings. The van der Waals surface area contributed by atoms with Crippen LogP contribution in [0.15, 0.2) is 59.7 Å². The van der Waals surface area contributed by atoms with Gasteiger partial charge in [0.1, 0.15) is 5.56 Å². The minimum Gasteiger partial charge on any atom is -0.481 e. The van der Waals surface area contributed by atoms with E-state index in [2.05, 4.69) is 20.4 Å². The number of aromatic amines is 1. The molecule has 0 saturated carbocycles. The second-order valence-electron chi connectivity index (χ2n) is 5.85. The van der Waals surface area contributed by atoms with Gasteiger partial charge in [-0.3, -0.25) is 14.7 Å². The van der Waals surface area contributed by atoms with Gasteiger partial charge in [0, 0.05) is 29.2 Å². The minimum atomic E-state index is -0.414. The Kier molecular flexibility index (Phi) is 4.54. The molecule has 0 aliphatic carbocycles. The Morgan fingerprint density at radius 1 is 1.25 bits per heavy atom. The number of carbonyl (C=O) groups is 1. The number of methoxy groups -OCH3 is 1. The Bertz CT molecular complexity index is 1230. The molecule has 0 atom stereocenters. The average Bonchev–Trinajstić information content (AvgIpc) is 3.14. The molecule has 0 aliphatic heterocycles. The number of carbonyl (C=O) groups excluding carboxylic acids is 1. The van der Waals surface area contributed by atoms with Gasteiger partial charge in [-0.05, 0) is 36.4 Å². The van der Waals surface area contributed by atoms with E-state index in [1.165, 1.54) is 23.9 Å². The molecule has 0 bridgehead atoms. The highest BCUT2D eigenvalue weighted by molar-refractivity contribution is 6.30. The Morgan fingerprint density at radius 3 is 2.79 bits per heavy atom. The number of anilines is 1. The molecule has 0 saturated heterocycles. The summed E-state index contributed by atoms with van der Waals surface area (Å²) in [6, 6.07) is 11.5. The van der Waals surface area contributed by atoms with Crippen molar-refractivity contribution < 1.29 is 9.53 Å². The van der Waals surface area contributed by atoms with Crippen LogP contribution in [-0.2, 0) is 0 Å². The highest BCUT2D eigenvalue weighted by Gasteiger charge is 2.18. The summed E-state index contributed by atoms with van der Waals surface area (Å²) >= 11 is 5.86. The number of H-pyrrole nitrogens is 1. The lowest BCUT2D eigenvalue weighted by Gasteiger charge is -2.07. The van der Waals surface area contributed by atoms with Crippen LogP contribution in [0.4, 0.5) is 5.69 Å². The van der Waals surface area contributed by atoms with Gasteiger partial charge in [-0.25, -0.2) is 14.5 Å². The van der Waals surface area contributed by atoms with Gasteiger partial charge < -0.3 is 10.1 Å². The van der Waals surface area contributed by atoms with E-state index in [0.29, 0.717) is 27.8 Å². The molecule has 4 aromatic rings. The molecule has 0 spiro atoms. The zero-order valence-electron chi connectivity index (χ0n) is 14.6. The van der Waals surface area contributed by atoms with Gasteiger partial charge in [-0.2, -0.15) is 0 Å². The smallest absolute Gasteiger partial charge is 0.273 e. The molecular weight excluding hydrogens is 382 g/mol. The van der Waals surface area contributed by atoms with Crippen molar-refractivity contribution in [2.45, 2.75) is 0 Å². The first kappa shape index (κ1) is 17.7. The van der Waals surface area contributed by atoms with Crippen LogP contribution in [0.2, 0.25) is 5.02 Å². The van der Waals surface area contributed by atoms with Crippen molar-refractivity contribution in [3.8, 4) is 17.1 Å². The lowest BCUT2D eigenvalue weighted by atomic mass is 10.2. The van der Waals surface area contributed by atoms with Gasteiger partial charge in [-0.1, -0.05) is 11.6 Å². The third-order valence-electron chi connectivity index (χ3n) is 4.08. The number of fused-ring (bicyclic) bond motifs is 1. The average molecular weight is 396 g/mol. The number of aromatic nitrogens is 4. The van der Waals surface area contributed by atoms with Crippen LogP contribution < -0.4 is 15.6 Å². The monoisotopic (exact) mass is 395 g/mol. The molecule has 1 amide bonds. The van der Waals surface area contributed by atoms with Gasteiger partial charge in [0.2, 0.25) is 5.88 Å².